The van der Waals surface area contributed by atoms with Crippen LogP contribution in [-0.4, -0.2) is 25.0 Å². The molecule has 0 saturated carbocycles. The summed E-state index contributed by atoms with van der Waals surface area (Å²) in [5.74, 6) is -0.340. The summed E-state index contributed by atoms with van der Waals surface area (Å²) in [6.45, 7) is 0.175. The van der Waals surface area contributed by atoms with Crippen LogP contribution in [0.1, 0.15) is 16.1 Å². The highest BCUT2D eigenvalue weighted by Gasteiger charge is 2.11. The number of anilines is 1. The van der Waals surface area contributed by atoms with Gasteiger partial charge in [0.1, 0.15) is 11.6 Å². The van der Waals surface area contributed by atoms with Crippen molar-refractivity contribution in [3.8, 4) is 10.6 Å². The third kappa shape index (κ3) is 3.81. The van der Waals surface area contributed by atoms with Crippen molar-refractivity contribution in [2.24, 2.45) is 0 Å². The Morgan fingerprint density at radius 2 is 1.92 bits per heavy atom. The Hall–Kier alpha value is -2.66. The first-order chi connectivity index (χ1) is 11.6. The predicted molar refractivity (Wildman–Crippen MR) is 97.4 cm³/mol. The Bertz CT molecular complexity index is 828. The minimum atomic E-state index is -0.340. The van der Waals surface area contributed by atoms with E-state index in [4.69, 9.17) is 4.74 Å². The number of carbonyl (C=O) groups is 1. The van der Waals surface area contributed by atoms with E-state index in [0.29, 0.717) is 5.56 Å². The first-order valence-electron chi connectivity index (χ1n) is 7.58. The van der Waals surface area contributed by atoms with Gasteiger partial charge in [-0.25, -0.2) is 9.78 Å². The van der Waals surface area contributed by atoms with Crippen LogP contribution in [0.4, 0.5) is 5.69 Å². The maximum absolute atomic E-state index is 12.2. The zero-order valence-corrected chi connectivity index (χ0v) is 14.4. The van der Waals surface area contributed by atoms with Crippen molar-refractivity contribution in [3.63, 3.8) is 0 Å². The molecule has 2 aromatic carbocycles. The topological polar surface area (TPSA) is 42.4 Å². The van der Waals surface area contributed by atoms with Crippen LogP contribution in [0.2, 0.25) is 0 Å². The summed E-state index contributed by atoms with van der Waals surface area (Å²) in [4.78, 5) is 18.7. The molecule has 0 fully saturated rings. The minimum absolute atomic E-state index is 0.175. The molecule has 5 heteroatoms. The van der Waals surface area contributed by atoms with Crippen molar-refractivity contribution in [3.05, 3.63) is 71.2 Å². The van der Waals surface area contributed by atoms with Gasteiger partial charge in [-0.15, -0.1) is 11.3 Å². The van der Waals surface area contributed by atoms with Crippen LogP contribution in [0.25, 0.3) is 10.6 Å². The van der Waals surface area contributed by atoms with Gasteiger partial charge >= 0.3 is 5.97 Å². The van der Waals surface area contributed by atoms with E-state index in [-0.39, 0.29) is 12.6 Å². The molecule has 0 atom stereocenters. The van der Waals surface area contributed by atoms with Gasteiger partial charge in [0.15, 0.2) is 0 Å². The van der Waals surface area contributed by atoms with Gasteiger partial charge in [0.05, 0.1) is 11.3 Å². The fourth-order valence-corrected chi connectivity index (χ4v) is 3.03. The summed E-state index contributed by atoms with van der Waals surface area (Å²) in [5, 5.41) is 2.85. The fourth-order valence-electron chi connectivity index (χ4n) is 2.22. The second kappa shape index (κ2) is 7.27. The smallest absolute Gasteiger partial charge is 0.338 e. The number of hydrogen-bond acceptors (Lipinski definition) is 5. The molecule has 24 heavy (non-hydrogen) atoms. The minimum Gasteiger partial charge on any atom is -0.456 e. The number of ether oxygens (including phenoxy) is 1. The van der Waals surface area contributed by atoms with Gasteiger partial charge in [0.25, 0.3) is 0 Å². The Morgan fingerprint density at radius 1 is 1.12 bits per heavy atom. The standard InChI is InChI=1S/C19H18N2O2S/c1-21(2)17-10-6-9-15(11-17)19(22)23-12-16-13-24-18(20-16)14-7-4-3-5-8-14/h3-11,13H,12H2,1-2H3. The molecule has 3 aromatic rings. The third-order valence-electron chi connectivity index (χ3n) is 3.52. The van der Waals surface area contributed by atoms with Crippen LogP contribution >= 0.6 is 11.3 Å². The summed E-state index contributed by atoms with van der Waals surface area (Å²) in [6, 6.07) is 17.3. The molecule has 1 aromatic heterocycles. The second-order valence-corrected chi connectivity index (χ2v) is 6.39. The van der Waals surface area contributed by atoms with Gasteiger partial charge in [-0.2, -0.15) is 0 Å². The number of benzene rings is 2. The molecule has 0 unspecified atom stereocenters. The van der Waals surface area contributed by atoms with Crippen molar-refractivity contribution in [2.45, 2.75) is 6.61 Å². The first-order valence-corrected chi connectivity index (χ1v) is 8.46. The molecule has 0 aliphatic rings. The largest absolute Gasteiger partial charge is 0.456 e. The number of nitrogens with zero attached hydrogens (tertiary/aromatic N) is 2. The van der Waals surface area contributed by atoms with Gasteiger partial charge in [0.2, 0.25) is 0 Å². The third-order valence-corrected chi connectivity index (χ3v) is 4.46. The lowest BCUT2D eigenvalue weighted by Crippen LogP contribution is -2.11. The second-order valence-electron chi connectivity index (χ2n) is 5.53. The summed E-state index contributed by atoms with van der Waals surface area (Å²) >= 11 is 1.55. The van der Waals surface area contributed by atoms with Crippen LogP contribution in [0.3, 0.4) is 0 Å². The van der Waals surface area contributed by atoms with Crippen molar-refractivity contribution >= 4 is 23.0 Å². The number of rotatable bonds is 5. The first kappa shape index (κ1) is 16.2. The van der Waals surface area contributed by atoms with Crippen LogP contribution in [-0.2, 0) is 11.3 Å². The van der Waals surface area contributed by atoms with Gasteiger partial charge in [-0.1, -0.05) is 36.4 Å². The maximum atomic E-state index is 12.2. The molecular weight excluding hydrogens is 320 g/mol. The molecule has 0 bridgehead atoms. The number of thiazole rings is 1. The van der Waals surface area contributed by atoms with Gasteiger partial charge in [-0.05, 0) is 18.2 Å². The number of carbonyl (C=O) groups excluding carboxylic acids is 1. The number of esters is 1. The van der Waals surface area contributed by atoms with E-state index in [1.165, 1.54) is 0 Å². The van der Waals surface area contributed by atoms with E-state index in [2.05, 4.69) is 4.98 Å². The summed E-state index contributed by atoms with van der Waals surface area (Å²) in [6.07, 6.45) is 0. The normalized spacial score (nSPS) is 10.4. The molecule has 0 aliphatic heterocycles. The molecular formula is C19H18N2O2S. The monoisotopic (exact) mass is 338 g/mol. The van der Waals surface area contributed by atoms with Crippen molar-refractivity contribution in [1.82, 2.24) is 4.98 Å². The van der Waals surface area contributed by atoms with Crippen LogP contribution < -0.4 is 4.90 Å². The molecule has 1 heterocycles. The van der Waals surface area contributed by atoms with Gasteiger partial charge < -0.3 is 9.64 Å². The van der Waals surface area contributed by atoms with Crippen molar-refractivity contribution in [2.75, 3.05) is 19.0 Å². The Labute approximate surface area is 145 Å². The Kier molecular flexibility index (Phi) is 4.91. The van der Waals surface area contributed by atoms with E-state index in [1.54, 1.807) is 17.4 Å². The van der Waals surface area contributed by atoms with E-state index < -0.39 is 0 Å². The summed E-state index contributed by atoms with van der Waals surface area (Å²) < 4.78 is 5.38. The van der Waals surface area contributed by atoms with Crippen LogP contribution in [0.15, 0.2) is 60.0 Å². The summed E-state index contributed by atoms with van der Waals surface area (Å²) in [5.41, 5.74) is 3.33. The SMILES string of the molecule is CN(C)c1cccc(C(=O)OCc2csc(-c3ccccc3)n2)c1. The number of aromatic nitrogens is 1. The average Bonchev–Trinajstić information content (AvgIpc) is 3.09. The highest BCUT2D eigenvalue weighted by Crippen LogP contribution is 2.23. The fraction of sp³-hybridized carbons (Fsp3) is 0.158. The molecule has 0 spiro atoms. The molecule has 0 saturated heterocycles. The van der Waals surface area contributed by atoms with Crippen molar-refractivity contribution < 1.29 is 9.53 Å². The number of hydrogen-bond donors (Lipinski definition) is 0. The van der Waals surface area contributed by atoms with E-state index in [9.17, 15) is 4.79 Å². The molecule has 122 valence electrons. The lowest BCUT2D eigenvalue weighted by molar-refractivity contribution is 0.0468. The van der Waals surface area contributed by atoms with E-state index in [1.807, 2.05) is 72.9 Å². The zero-order chi connectivity index (χ0) is 16.9. The quantitative estimate of drug-likeness (QED) is 0.653. The molecule has 4 nitrogen and oxygen atoms in total. The molecule has 3 rings (SSSR count). The zero-order valence-electron chi connectivity index (χ0n) is 13.6. The molecule has 0 aliphatic carbocycles. The Morgan fingerprint density at radius 3 is 2.67 bits per heavy atom. The average molecular weight is 338 g/mol. The molecule has 0 radical (unpaired) electrons. The van der Waals surface area contributed by atoms with E-state index >= 15 is 0 Å². The predicted octanol–water partition coefficient (Wildman–Crippen LogP) is 4.23. The lowest BCUT2D eigenvalue weighted by Gasteiger charge is -2.13. The molecule has 0 N–H and O–H groups in total. The Balaban J connectivity index is 1.65. The maximum Gasteiger partial charge on any atom is 0.338 e. The van der Waals surface area contributed by atoms with Gasteiger partial charge in [0, 0.05) is 30.7 Å². The highest BCUT2D eigenvalue weighted by molar-refractivity contribution is 7.13. The van der Waals surface area contributed by atoms with E-state index in [0.717, 1.165) is 22.0 Å². The van der Waals surface area contributed by atoms with Crippen LogP contribution in [0, 0.1) is 0 Å². The van der Waals surface area contributed by atoms with Gasteiger partial charge in [-0.3, -0.25) is 0 Å². The van der Waals surface area contributed by atoms with Crippen molar-refractivity contribution in [1.29, 1.82) is 0 Å². The van der Waals surface area contributed by atoms with Crippen LogP contribution in [0.5, 0.6) is 0 Å². The lowest BCUT2D eigenvalue weighted by atomic mass is 10.2. The summed E-state index contributed by atoms with van der Waals surface area (Å²) in [7, 11) is 3.87. The molecule has 0 amide bonds. The highest BCUT2D eigenvalue weighted by atomic mass is 32.1.